The maximum absolute atomic E-state index is 8.77. The predicted octanol–water partition coefficient (Wildman–Crippen LogP) is 3.60. The van der Waals surface area contributed by atoms with Crippen molar-refractivity contribution < 1.29 is 9.05 Å². The van der Waals surface area contributed by atoms with Crippen molar-refractivity contribution in [3.8, 4) is 6.07 Å². The molecule has 1 saturated heterocycles. The lowest BCUT2D eigenvalue weighted by atomic mass is 10.2. The Balaban J connectivity index is 1.96. The van der Waals surface area contributed by atoms with Crippen LogP contribution < -0.4 is 4.90 Å². The fourth-order valence-corrected chi connectivity index (χ4v) is 4.41. The number of hydrogen-bond acceptors (Lipinski definition) is 7. The van der Waals surface area contributed by atoms with Crippen molar-refractivity contribution in [3.05, 3.63) is 24.5 Å². The van der Waals surface area contributed by atoms with Gasteiger partial charge in [-0.1, -0.05) is 6.58 Å². The predicted molar refractivity (Wildman–Crippen MR) is 104 cm³/mol. The van der Waals surface area contributed by atoms with Crippen LogP contribution in [0.4, 0.5) is 5.95 Å². The van der Waals surface area contributed by atoms with E-state index in [1.807, 2.05) is 6.07 Å². The molecule has 1 atom stereocenters. The molecule has 1 fully saturated rings. The van der Waals surface area contributed by atoms with Crippen LogP contribution in [0.2, 0.25) is 0 Å². The van der Waals surface area contributed by atoms with E-state index in [0.717, 1.165) is 18.8 Å². The van der Waals surface area contributed by atoms with Crippen LogP contribution in [0.5, 0.6) is 0 Å². The van der Waals surface area contributed by atoms with Gasteiger partial charge in [0.05, 0.1) is 24.8 Å². The van der Waals surface area contributed by atoms with Crippen molar-refractivity contribution in [3.63, 3.8) is 0 Å². The van der Waals surface area contributed by atoms with Gasteiger partial charge < -0.3 is 13.9 Å². The van der Waals surface area contributed by atoms with E-state index < -0.39 is 8.53 Å². The van der Waals surface area contributed by atoms with E-state index in [0.29, 0.717) is 31.1 Å². The Morgan fingerprint density at radius 1 is 1.42 bits per heavy atom. The molecule has 7 nitrogen and oxygen atoms in total. The molecule has 0 aliphatic carbocycles. The van der Waals surface area contributed by atoms with Crippen LogP contribution in [0, 0.1) is 11.3 Å². The molecular formula is C18H28N5O2P. The average Bonchev–Trinajstić information content (AvgIpc) is 2.56. The van der Waals surface area contributed by atoms with Crippen LogP contribution in [-0.4, -0.2) is 52.5 Å². The Labute approximate surface area is 157 Å². The highest BCUT2D eigenvalue weighted by atomic mass is 31.2. The quantitative estimate of drug-likeness (QED) is 0.455. The molecule has 1 aliphatic rings. The number of hydrogen-bond donors (Lipinski definition) is 0. The summed E-state index contributed by atoms with van der Waals surface area (Å²) in [7, 11) is -1.21. The van der Waals surface area contributed by atoms with Crippen molar-refractivity contribution in [1.82, 2.24) is 14.6 Å². The Hall–Kier alpha value is -1.58. The maximum Gasteiger partial charge on any atom is 0.259 e. The van der Waals surface area contributed by atoms with E-state index in [-0.39, 0.29) is 6.10 Å². The molecule has 0 aromatic carbocycles. The van der Waals surface area contributed by atoms with E-state index in [2.05, 4.69) is 59.9 Å². The van der Waals surface area contributed by atoms with E-state index in [1.165, 1.54) is 0 Å². The van der Waals surface area contributed by atoms with Crippen LogP contribution in [-0.2, 0) is 9.05 Å². The third-order valence-corrected chi connectivity index (χ3v) is 6.09. The average molecular weight is 377 g/mol. The molecule has 142 valence electrons. The Morgan fingerprint density at radius 3 is 2.69 bits per heavy atom. The Morgan fingerprint density at radius 2 is 2.12 bits per heavy atom. The number of nitriles is 1. The second-order valence-corrected chi connectivity index (χ2v) is 8.07. The first kappa shape index (κ1) is 20.7. The first-order valence-electron chi connectivity index (χ1n) is 8.91. The van der Waals surface area contributed by atoms with Gasteiger partial charge in [0, 0.05) is 31.4 Å². The molecular weight excluding hydrogens is 349 g/mol. The van der Waals surface area contributed by atoms with Crippen molar-refractivity contribution in [2.45, 2.75) is 52.3 Å². The van der Waals surface area contributed by atoms with Gasteiger partial charge in [0.15, 0.2) is 0 Å². The van der Waals surface area contributed by atoms with E-state index in [9.17, 15) is 0 Å². The molecule has 8 heteroatoms. The lowest BCUT2D eigenvalue weighted by Crippen LogP contribution is -2.53. The van der Waals surface area contributed by atoms with Crippen molar-refractivity contribution in [1.29, 1.82) is 5.26 Å². The minimum Gasteiger partial charge on any atom is -0.335 e. The minimum atomic E-state index is -1.21. The number of anilines is 1. The maximum atomic E-state index is 8.77. The molecule has 0 amide bonds. The van der Waals surface area contributed by atoms with E-state index in [1.54, 1.807) is 12.3 Å². The van der Waals surface area contributed by atoms with Crippen LogP contribution in [0.3, 0.4) is 0 Å². The minimum absolute atomic E-state index is 0.0687. The summed E-state index contributed by atoms with van der Waals surface area (Å²) in [6.07, 6.45) is 3.89. The summed E-state index contributed by atoms with van der Waals surface area (Å²) < 4.78 is 14.4. The second kappa shape index (κ2) is 9.94. The zero-order chi connectivity index (χ0) is 19.1. The fraction of sp³-hybridized carbons (Fsp3) is 0.611. The Bertz CT molecular complexity index is 620. The van der Waals surface area contributed by atoms with Gasteiger partial charge >= 0.3 is 0 Å². The third-order valence-electron chi connectivity index (χ3n) is 3.91. The van der Waals surface area contributed by atoms with Crippen LogP contribution in [0.15, 0.2) is 18.8 Å². The third kappa shape index (κ3) is 5.46. The van der Waals surface area contributed by atoms with Crippen LogP contribution in [0.1, 0.15) is 39.8 Å². The SMILES string of the molecule is C=Cc1ccnc(N2CC(OP(OCCC#N)N(C(C)C)C(C)C)C2)n1. The summed E-state index contributed by atoms with van der Waals surface area (Å²) in [5.74, 6) is 0.696. The standard InChI is InChI=1S/C18H28N5O2P/c1-6-16-8-10-20-18(21-16)22-12-17(13-22)25-26(24-11-7-9-19)23(14(2)3)15(4)5/h6,8,10,14-15,17H,1,7,11-13H2,2-5H3. The first-order chi connectivity index (χ1) is 12.5. The van der Waals surface area contributed by atoms with Gasteiger partial charge in [-0.15, -0.1) is 0 Å². The second-order valence-electron chi connectivity index (χ2n) is 6.66. The van der Waals surface area contributed by atoms with E-state index in [4.69, 9.17) is 14.3 Å². The summed E-state index contributed by atoms with van der Waals surface area (Å²) in [4.78, 5) is 10.8. The first-order valence-corrected chi connectivity index (χ1v) is 10.0. The Kier molecular flexibility index (Phi) is 7.92. The van der Waals surface area contributed by atoms with Crippen LogP contribution >= 0.6 is 8.53 Å². The van der Waals surface area contributed by atoms with Gasteiger partial charge in [0.2, 0.25) is 5.95 Å². The summed E-state index contributed by atoms with van der Waals surface area (Å²) >= 11 is 0. The summed E-state index contributed by atoms with van der Waals surface area (Å²) in [6, 6.07) is 4.54. The smallest absolute Gasteiger partial charge is 0.259 e. The van der Waals surface area contributed by atoms with Gasteiger partial charge in [-0.25, -0.2) is 14.6 Å². The normalized spacial score (nSPS) is 16.0. The topological polar surface area (TPSA) is 74.5 Å². The van der Waals surface area contributed by atoms with Gasteiger partial charge in [0.25, 0.3) is 8.53 Å². The van der Waals surface area contributed by atoms with Gasteiger partial charge in [0.1, 0.15) is 6.10 Å². The zero-order valence-corrected chi connectivity index (χ0v) is 16.9. The lowest BCUT2D eigenvalue weighted by Gasteiger charge is -2.43. The largest absolute Gasteiger partial charge is 0.335 e. The molecule has 1 aliphatic heterocycles. The molecule has 0 N–H and O–H groups in total. The van der Waals surface area contributed by atoms with Crippen molar-refractivity contribution >= 4 is 20.6 Å². The van der Waals surface area contributed by atoms with Gasteiger partial charge in [-0.05, 0) is 39.8 Å². The number of rotatable bonds is 10. The van der Waals surface area contributed by atoms with Gasteiger partial charge in [-0.3, -0.25) is 0 Å². The summed E-state index contributed by atoms with van der Waals surface area (Å²) in [6.45, 7) is 14.1. The number of nitrogens with zero attached hydrogens (tertiary/aromatic N) is 5. The molecule has 2 rings (SSSR count). The lowest BCUT2D eigenvalue weighted by molar-refractivity contribution is 0.113. The van der Waals surface area contributed by atoms with Crippen molar-refractivity contribution in [2.75, 3.05) is 24.6 Å². The fourth-order valence-electron chi connectivity index (χ4n) is 2.72. The molecule has 0 spiro atoms. The molecule has 1 aromatic rings. The molecule has 2 heterocycles. The monoisotopic (exact) mass is 377 g/mol. The molecule has 1 unspecified atom stereocenters. The number of aromatic nitrogens is 2. The molecule has 26 heavy (non-hydrogen) atoms. The van der Waals surface area contributed by atoms with Gasteiger partial charge in [-0.2, -0.15) is 5.26 Å². The summed E-state index contributed by atoms with van der Waals surface area (Å²) in [5, 5.41) is 8.77. The molecule has 0 saturated carbocycles. The highest BCUT2D eigenvalue weighted by molar-refractivity contribution is 7.44. The summed E-state index contributed by atoms with van der Waals surface area (Å²) in [5.41, 5.74) is 0.812. The van der Waals surface area contributed by atoms with Crippen LogP contribution in [0.25, 0.3) is 6.08 Å². The molecule has 0 bridgehead atoms. The van der Waals surface area contributed by atoms with Crippen molar-refractivity contribution in [2.24, 2.45) is 0 Å². The van der Waals surface area contributed by atoms with E-state index >= 15 is 0 Å². The molecule has 1 aromatic heterocycles. The highest BCUT2D eigenvalue weighted by Crippen LogP contribution is 2.48. The highest BCUT2D eigenvalue weighted by Gasteiger charge is 2.36. The molecule has 0 radical (unpaired) electrons. The zero-order valence-electron chi connectivity index (χ0n) is 16.0.